The molecule has 3 aromatic rings. The Labute approximate surface area is 181 Å². The van der Waals surface area contributed by atoms with Gasteiger partial charge in [-0.3, -0.25) is 4.90 Å². The van der Waals surface area contributed by atoms with Gasteiger partial charge in [0.05, 0.1) is 28.9 Å². The molecule has 0 radical (unpaired) electrons. The van der Waals surface area contributed by atoms with Crippen molar-refractivity contribution >= 4 is 38.3 Å². The van der Waals surface area contributed by atoms with E-state index in [9.17, 15) is 4.39 Å². The van der Waals surface area contributed by atoms with E-state index >= 15 is 0 Å². The van der Waals surface area contributed by atoms with Gasteiger partial charge in [-0.15, -0.1) is 0 Å². The molecule has 1 saturated heterocycles. The molecule has 2 aliphatic rings. The van der Waals surface area contributed by atoms with Crippen molar-refractivity contribution in [1.82, 2.24) is 14.9 Å². The molecule has 5 rings (SSSR count). The molecule has 1 aromatic heterocycles. The largest absolute Gasteiger partial charge is 0.486 e. The second kappa shape index (κ2) is 8.33. The lowest BCUT2D eigenvalue weighted by Crippen LogP contribution is -2.45. The summed E-state index contributed by atoms with van der Waals surface area (Å²) in [7, 11) is 0. The van der Waals surface area contributed by atoms with E-state index in [-0.39, 0.29) is 11.9 Å². The van der Waals surface area contributed by atoms with Crippen LogP contribution in [0.2, 0.25) is 0 Å². The molecule has 30 heavy (non-hydrogen) atoms. The molecule has 0 amide bonds. The predicted molar refractivity (Wildman–Crippen MR) is 114 cm³/mol. The van der Waals surface area contributed by atoms with Gasteiger partial charge < -0.3 is 19.5 Å². The van der Waals surface area contributed by atoms with Gasteiger partial charge >= 0.3 is 0 Å². The monoisotopic (exact) mass is 474 g/mol. The standard InChI is InChI=1S/C21H20BrFN4O3/c22-15-2-1-3-16(20(15)23)26-21-14-8-19-18(9-17(14)24-12-25-21)29-11-13(30-19)10-27-4-6-28-7-5-27/h1-3,8-9,12-13H,4-7,10-11H2,(H,24,25,26)/t13-/m0/s1. The Kier molecular flexibility index (Phi) is 5.41. The molecule has 2 aliphatic heterocycles. The van der Waals surface area contributed by atoms with Crippen molar-refractivity contribution in [1.29, 1.82) is 0 Å². The first kappa shape index (κ1) is 19.5. The van der Waals surface area contributed by atoms with Gasteiger partial charge in [0.25, 0.3) is 0 Å². The average molecular weight is 475 g/mol. The Morgan fingerprint density at radius 2 is 2.03 bits per heavy atom. The van der Waals surface area contributed by atoms with E-state index in [1.54, 1.807) is 18.2 Å². The molecule has 2 aromatic carbocycles. The molecule has 1 atom stereocenters. The molecule has 1 N–H and O–H groups in total. The quantitative estimate of drug-likeness (QED) is 0.617. The third-order valence-corrected chi connectivity index (χ3v) is 5.80. The summed E-state index contributed by atoms with van der Waals surface area (Å²) in [5.41, 5.74) is 1.02. The van der Waals surface area contributed by atoms with Crippen molar-refractivity contribution in [3.05, 3.63) is 46.9 Å². The lowest BCUT2D eigenvalue weighted by atomic mass is 10.1. The maximum absolute atomic E-state index is 14.4. The molecule has 0 bridgehead atoms. The first-order valence-electron chi connectivity index (χ1n) is 9.77. The van der Waals surface area contributed by atoms with E-state index in [0.29, 0.717) is 39.6 Å². The first-order chi connectivity index (χ1) is 14.7. The van der Waals surface area contributed by atoms with Crippen LogP contribution in [0.4, 0.5) is 15.9 Å². The van der Waals surface area contributed by atoms with E-state index in [1.165, 1.54) is 6.33 Å². The molecule has 0 spiro atoms. The molecular formula is C21H20BrFN4O3. The van der Waals surface area contributed by atoms with Crippen molar-refractivity contribution in [2.45, 2.75) is 6.10 Å². The first-order valence-corrected chi connectivity index (χ1v) is 10.6. The summed E-state index contributed by atoms with van der Waals surface area (Å²) in [4.78, 5) is 11.0. The second-order valence-electron chi connectivity index (χ2n) is 7.23. The number of benzene rings is 2. The van der Waals surface area contributed by atoms with Gasteiger partial charge in [0.1, 0.15) is 24.9 Å². The van der Waals surface area contributed by atoms with Crippen LogP contribution in [0.3, 0.4) is 0 Å². The van der Waals surface area contributed by atoms with Crippen molar-refractivity contribution in [2.75, 3.05) is 44.8 Å². The van der Waals surface area contributed by atoms with Crippen LogP contribution in [0.25, 0.3) is 10.9 Å². The predicted octanol–water partition coefficient (Wildman–Crippen LogP) is 3.75. The van der Waals surface area contributed by atoms with Crippen molar-refractivity contribution < 1.29 is 18.6 Å². The normalized spacial score (nSPS) is 19.1. The third-order valence-electron chi connectivity index (χ3n) is 5.19. The number of ether oxygens (including phenoxy) is 3. The Hall–Kier alpha value is -2.49. The van der Waals surface area contributed by atoms with Crippen molar-refractivity contribution in [2.24, 2.45) is 0 Å². The Morgan fingerprint density at radius 1 is 1.17 bits per heavy atom. The molecule has 1 fully saturated rings. The number of halogens is 2. The second-order valence-corrected chi connectivity index (χ2v) is 8.08. The Morgan fingerprint density at radius 3 is 2.90 bits per heavy atom. The summed E-state index contributed by atoms with van der Waals surface area (Å²) in [5, 5.41) is 3.79. The number of morpholine rings is 1. The van der Waals surface area contributed by atoms with Crippen LogP contribution in [0.15, 0.2) is 41.1 Å². The van der Waals surface area contributed by atoms with Crippen LogP contribution in [0, 0.1) is 5.82 Å². The molecule has 9 heteroatoms. The van der Waals surface area contributed by atoms with Gasteiger partial charge in [0.2, 0.25) is 0 Å². The zero-order valence-electron chi connectivity index (χ0n) is 16.1. The summed E-state index contributed by atoms with van der Waals surface area (Å²) in [5.74, 6) is 1.41. The van der Waals surface area contributed by atoms with Crippen molar-refractivity contribution in [3.63, 3.8) is 0 Å². The minimum Gasteiger partial charge on any atom is -0.486 e. The van der Waals surface area contributed by atoms with Crippen LogP contribution in [0.1, 0.15) is 0 Å². The van der Waals surface area contributed by atoms with E-state index in [2.05, 4.69) is 36.1 Å². The minimum atomic E-state index is -0.382. The summed E-state index contributed by atoms with van der Waals surface area (Å²) < 4.78 is 32.4. The van der Waals surface area contributed by atoms with Crippen LogP contribution in [0.5, 0.6) is 11.5 Å². The molecule has 0 aliphatic carbocycles. The Bertz CT molecular complexity index is 1080. The smallest absolute Gasteiger partial charge is 0.163 e. The summed E-state index contributed by atoms with van der Waals surface area (Å²) in [6.07, 6.45) is 1.37. The molecule has 156 valence electrons. The maximum Gasteiger partial charge on any atom is 0.163 e. The molecule has 0 saturated carbocycles. The fraction of sp³-hybridized carbons (Fsp3) is 0.333. The number of anilines is 2. The van der Waals surface area contributed by atoms with Gasteiger partial charge in [-0.2, -0.15) is 0 Å². The van der Waals surface area contributed by atoms with Crippen LogP contribution >= 0.6 is 15.9 Å². The highest BCUT2D eigenvalue weighted by atomic mass is 79.9. The maximum atomic E-state index is 14.4. The van der Waals surface area contributed by atoms with Gasteiger partial charge in [0, 0.05) is 31.1 Å². The fourth-order valence-corrected chi connectivity index (χ4v) is 4.02. The van der Waals surface area contributed by atoms with Gasteiger partial charge in [-0.1, -0.05) is 6.07 Å². The zero-order valence-corrected chi connectivity index (χ0v) is 17.7. The number of hydrogen-bond acceptors (Lipinski definition) is 7. The lowest BCUT2D eigenvalue weighted by molar-refractivity contribution is 0.00322. The number of fused-ring (bicyclic) bond motifs is 2. The minimum absolute atomic E-state index is 0.0726. The zero-order chi connectivity index (χ0) is 20.5. The molecule has 3 heterocycles. The van der Waals surface area contributed by atoms with Crippen molar-refractivity contribution in [3.8, 4) is 11.5 Å². The number of aromatic nitrogens is 2. The highest BCUT2D eigenvalue weighted by Crippen LogP contribution is 2.38. The number of rotatable bonds is 4. The SMILES string of the molecule is Fc1c(Br)cccc1Nc1ncnc2cc3c(cc12)O[C@@H](CN1CCOCC1)CO3. The van der Waals surface area contributed by atoms with Crippen LogP contribution < -0.4 is 14.8 Å². The van der Waals surface area contributed by atoms with Gasteiger partial charge in [-0.25, -0.2) is 14.4 Å². The van der Waals surface area contributed by atoms with Gasteiger partial charge in [-0.05, 0) is 34.1 Å². The molecule has 7 nitrogen and oxygen atoms in total. The fourth-order valence-electron chi connectivity index (χ4n) is 3.65. The summed E-state index contributed by atoms with van der Waals surface area (Å²) in [6, 6.07) is 8.75. The van der Waals surface area contributed by atoms with E-state index in [0.717, 1.165) is 38.2 Å². The summed E-state index contributed by atoms with van der Waals surface area (Å²) in [6.45, 7) is 4.53. The average Bonchev–Trinajstić information content (AvgIpc) is 2.76. The number of nitrogens with one attached hydrogen (secondary N) is 1. The van der Waals surface area contributed by atoms with Gasteiger partial charge in [0.15, 0.2) is 17.3 Å². The highest BCUT2D eigenvalue weighted by molar-refractivity contribution is 9.10. The van der Waals surface area contributed by atoms with E-state index in [4.69, 9.17) is 14.2 Å². The topological polar surface area (TPSA) is 68.7 Å². The number of nitrogens with zero attached hydrogens (tertiary/aromatic N) is 3. The molecule has 0 unspecified atom stereocenters. The Balaban J connectivity index is 1.42. The number of hydrogen-bond donors (Lipinski definition) is 1. The van der Waals surface area contributed by atoms with Crippen LogP contribution in [-0.2, 0) is 4.74 Å². The van der Waals surface area contributed by atoms with E-state index in [1.807, 2.05) is 12.1 Å². The van der Waals surface area contributed by atoms with E-state index < -0.39 is 0 Å². The van der Waals surface area contributed by atoms with Crippen LogP contribution in [-0.4, -0.2) is 60.4 Å². The highest BCUT2D eigenvalue weighted by Gasteiger charge is 2.25. The molecular weight excluding hydrogens is 455 g/mol. The summed E-state index contributed by atoms with van der Waals surface area (Å²) >= 11 is 3.21. The lowest BCUT2D eigenvalue weighted by Gasteiger charge is -2.33. The third kappa shape index (κ3) is 3.92.